The van der Waals surface area contributed by atoms with Crippen molar-refractivity contribution in [3.63, 3.8) is 0 Å². The predicted molar refractivity (Wildman–Crippen MR) is 79.1 cm³/mol. The van der Waals surface area contributed by atoms with E-state index < -0.39 is 15.8 Å². The zero-order chi connectivity index (χ0) is 14.9. The smallest absolute Gasteiger partial charge is 0.261 e. The van der Waals surface area contributed by atoms with Gasteiger partial charge in [0, 0.05) is 6.54 Å². The van der Waals surface area contributed by atoms with Gasteiger partial charge in [0.15, 0.2) is 0 Å². The SMILES string of the molecule is O=S(=O)(Nc1ccccc1F)c1ccc2c(c1)CNCC2. The maximum Gasteiger partial charge on any atom is 0.261 e. The molecule has 110 valence electrons. The van der Waals surface area contributed by atoms with Crippen LogP contribution in [0.1, 0.15) is 11.1 Å². The van der Waals surface area contributed by atoms with Gasteiger partial charge in [-0.25, -0.2) is 12.8 Å². The van der Waals surface area contributed by atoms with Gasteiger partial charge in [0.2, 0.25) is 0 Å². The minimum atomic E-state index is -3.79. The van der Waals surface area contributed by atoms with Crippen LogP contribution in [0.15, 0.2) is 47.4 Å². The number of nitrogens with one attached hydrogen (secondary N) is 2. The van der Waals surface area contributed by atoms with E-state index in [-0.39, 0.29) is 10.6 Å². The Balaban J connectivity index is 1.93. The van der Waals surface area contributed by atoms with Crippen LogP contribution >= 0.6 is 0 Å². The molecule has 0 radical (unpaired) electrons. The molecule has 2 aromatic rings. The van der Waals surface area contributed by atoms with Gasteiger partial charge >= 0.3 is 0 Å². The van der Waals surface area contributed by atoms with Gasteiger partial charge in [0.1, 0.15) is 5.82 Å². The topological polar surface area (TPSA) is 58.2 Å². The first-order valence-electron chi connectivity index (χ1n) is 6.66. The van der Waals surface area contributed by atoms with Crippen LogP contribution in [0, 0.1) is 5.82 Å². The fraction of sp³-hybridized carbons (Fsp3) is 0.200. The number of para-hydroxylation sites is 1. The standard InChI is InChI=1S/C15H15FN2O2S/c16-14-3-1-2-4-15(14)18-21(19,20)13-6-5-11-7-8-17-10-12(11)9-13/h1-6,9,17-18H,7-8,10H2. The van der Waals surface area contributed by atoms with E-state index in [1.165, 1.54) is 18.2 Å². The van der Waals surface area contributed by atoms with Crippen molar-refractivity contribution < 1.29 is 12.8 Å². The van der Waals surface area contributed by atoms with Gasteiger partial charge in [0.05, 0.1) is 10.6 Å². The van der Waals surface area contributed by atoms with E-state index in [9.17, 15) is 12.8 Å². The lowest BCUT2D eigenvalue weighted by Crippen LogP contribution is -2.24. The lowest BCUT2D eigenvalue weighted by molar-refractivity contribution is 0.597. The molecular weight excluding hydrogens is 291 g/mol. The Kier molecular flexibility index (Phi) is 3.65. The lowest BCUT2D eigenvalue weighted by atomic mass is 10.0. The largest absolute Gasteiger partial charge is 0.312 e. The third-order valence-corrected chi connectivity index (χ3v) is 4.86. The lowest BCUT2D eigenvalue weighted by Gasteiger charge is -2.18. The third kappa shape index (κ3) is 2.91. The Morgan fingerprint density at radius 1 is 1.10 bits per heavy atom. The molecule has 1 heterocycles. The molecule has 21 heavy (non-hydrogen) atoms. The normalized spacial score (nSPS) is 14.5. The van der Waals surface area contributed by atoms with Gasteiger partial charge in [-0.15, -0.1) is 0 Å². The van der Waals surface area contributed by atoms with Crippen molar-refractivity contribution in [3.8, 4) is 0 Å². The van der Waals surface area contributed by atoms with Gasteiger partial charge in [-0.05, 0) is 48.4 Å². The molecule has 0 spiro atoms. The zero-order valence-corrected chi connectivity index (χ0v) is 12.1. The minimum absolute atomic E-state index is 0.0478. The second-order valence-electron chi connectivity index (χ2n) is 4.94. The first kappa shape index (κ1) is 14.0. The van der Waals surface area contributed by atoms with Crippen molar-refractivity contribution in [3.05, 3.63) is 59.4 Å². The van der Waals surface area contributed by atoms with Crippen LogP contribution in [-0.2, 0) is 23.0 Å². The van der Waals surface area contributed by atoms with Crippen molar-refractivity contribution in [2.45, 2.75) is 17.9 Å². The summed E-state index contributed by atoms with van der Waals surface area (Å²) in [5.74, 6) is -0.597. The monoisotopic (exact) mass is 306 g/mol. The van der Waals surface area contributed by atoms with Crippen molar-refractivity contribution in [2.24, 2.45) is 0 Å². The molecule has 0 aromatic heterocycles. The second kappa shape index (κ2) is 5.46. The number of anilines is 1. The first-order valence-corrected chi connectivity index (χ1v) is 8.14. The molecule has 0 saturated carbocycles. The average Bonchev–Trinajstić information content (AvgIpc) is 2.49. The summed E-state index contributed by atoms with van der Waals surface area (Å²) in [4.78, 5) is 0.146. The summed E-state index contributed by atoms with van der Waals surface area (Å²) >= 11 is 0. The molecule has 2 aromatic carbocycles. The number of hydrogen-bond donors (Lipinski definition) is 2. The first-order chi connectivity index (χ1) is 10.1. The maximum absolute atomic E-state index is 13.6. The Bertz CT molecular complexity index is 775. The molecule has 0 aliphatic carbocycles. The molecular formula is C15H15FN2O2S. The molecule has 2 N–H and O–H groups in total. The van der Waals surface area contributed by atoms with Gasteiger partial charge in [-0.1, -0.05) is 18.2 Å². The molecule has 1 aliphatic rings. The van der Waals surface area contributed by atoms with E-state index in [0.29, 0.717) is 6.54 Å². The van der Waals surface area contributed by atoms with E-state index in [2.05, 4.69) is 10.0 Å². The van der Waals surface area contributed by atoms with E-state index in [1.807, 2.05) is 6.07 Å². The Labute approximate surface area is 123 Å². The molecule has 0 unspecified atom stereocenters. The third-order valence-electron chi connectivity index (χ3n) is 3.49. The van der Waals surface area contributed by atoms with Gasteiger partial charge < -0.3 is 5.32 Å². The molecule has 0 bridgehead atoms. The fourth-order valence-electron chi connectivity index (χ4n) is 2.37. The highest BCUT2D eigenvalue weighted by atomic mass is 32.2. The minimum Gasteiger partial charge on any atom is -0.312 e. The van der Waals surface area contributed by atoms with Crippen LogP contribution in [0.4, 0.5) is 10.1 Å². The summed E-state index contributed by atoms with van der Waals surface area (Å²) in [6, 6.07) is 10.7. The quantitative estimate of drug-likeness (QED) is 0.914. The summed E-state index contributed by atoms with van der Waals surface area (Å²) in [6.07, 6.45) is 0.885. The predicted octanol–water partition coefficient (Wildman–Crippen LogP) is 2.27. The Morgan fingerprint density at radius 2 is 1.90 bits per heavy atom. The molecule has 0 fully saturated rings. The van der Waals surface area contributed by atoms with Crippen LogP contribution in [0.5, 0.6) is 0 Å². The van der Waals surface area contributed by atoms with E-state index in [0.717, 1.165) is 24.1 Å². The fourth-order valence-corrected chi connectivity index (χ4v) is 3.49. The molecule has 0 saturated heterocycles. The number of halogens is 1. The van der Waals surface area contributed by atoms with Crippen LogP contribution in [0.2, 0.25) is 0 Å². The van der Waals surface area contributed by atoms with Crippen molar-refractivity contribution >= 4 is 15.7 Å². The Hall–Kier alpha value is -1.92. The van der Waals surface area contributed by atoms with Crippen molar-refractivity contribution in [2.75, 3.05) is 11.3 Å². The second-order valence-corrected chi connectivity index (χ2v) is 6.63. The number of rotatable bonds is 3. The number of sulfonamides is 1. The molecule has 4 nitrogen and oxygen atoms in total. The van der Waals surface area contributed by atoms with Gasteiger partial charge in [0.25, 0.3) is 10.0 Å². The summed E-state index contributed by atoms with van der Waals surface area (Å²) in [7, 11) is -3.79. The molecule has 3 rings (SSSR count). The number of hydrogen-bond acceptors (Lipinski definition) is 3. The molecule has 1 aliphatic heterocycles. The van der Waals surface area contributed by atoms with Gasteiger partial charge in [-0.2, -0.15) is 0 Å². The van der Waals surface area contributed by atoms with Crippen LogP contribution in [-0.4, -0.2) is 15.0 Å². The Morgan fingerprint density at radius 3 is 2.71 bits per heavy atom. The highest BCUT2D eigenvalue weighted by Gasteiger charge is 2.18. The van der Waals surface area contributed by atoms with E-state index >= 15 is 0 Å². The van der Waals surface area contributed by atoms with Gasteiger partial charge in [-0.3, -0.25) is 4.72 Å². The summed E-state index contributed by atoms with van der Waals surface area (Å²) in [5.41, 5.74) is 2.07. The number of fused-ring (bicyclic) bond motifs is 1. The van der Waals surface area contributed by atoms with Crippen LogP contribution in [0.25, 0.3) is 0 Å². The van der Waals surface area contributed by atoms with Crippen molar-refractivity contribution in [1.82, 2.24) is 5.32 Å². The zero-order valence-electron chi connectivity index (χ0n) is 11.3. The van der Waals surface area contributed by atoms with Crippen LogP contribution < -0.4 is 10.0 Å². The average molecular weight is 306 g/mol. The summed E-state index contributed by atoms with van der Waals surface area (Å²) < 4.78 is 40.5. The van der Waals surface area contributed by atoms with Crippen molar-refractivity contribution in [1.29, 1.82) is 0 Å². The van der Waals surface area contributed by atoms with Crippen LogP contribution in [0.3, 0.4) is 0 Å². The maximum atomic E-state index is 13.6. The van der Waals surface area contributed by atoms with E-state index in [1.54, 1.807) is 18.2 Å². The highest BCUT2D eigenvalue weighted by molar-refractivity contribution is 7.92. The summed E-state index contributed by atoms with van der Waals surface area (Å²) in [5, 5.41) is 3.20. The molecule has 0 amide bonds. The molecule has 6 heteroatoms. The summed E-state index contributed by atoms with van der Waals surface area (Å²) in [6.45, 7) is 1.55. The molecule has 0 atom stereocenters. The highest BCUT2D eigenvalue weighted by Crippen LogP contribution is 2.22. The number of benzene rings is 2. The van der Waals surface area contributed by atoms with E-state index in [4.69, 9.17) is 0 Å².